The number of hydrogen-bond donors (Lipinski definition) is 1. The molecule has 0 saturated carbocycles. The van der Waals surface area contributed by atoms with Crippen LogP contribution >= 0.6 is 0 Å². The van der Waals surface area contributed by atoms with E-state index in [1.54, 1.807) is 27.7 Å². The van der Waals surface area contributed by atoms with Crippen LogP contribution in [0.3, 0.4) is 0 Å². The summed E-state index contributed by atoms with van der Waals surface area (Å²) in [5.74, 6) is 0. The smallest absolute Gasteiger partial charge is 0.410 e. The lowest BCUT2D eigenvalue weighted by Gasteiger charge is -2.30. The van der Waals surface area contributed by atoms with Crippen LogP contribution in [0, 0.1) is 0 Å². The first-order chi connectivity index (χ1) is 7.72. The van der Waals surface area contributed by atoms with E-state index in [2.05, 4.69) is 10.0 Å². The average molecular weight is 244 g/mol. The quantitative estimate of drug-likeness (QED) is 0.464. The second kappa shape index (κ2) is 6.32. The van der Waals surface area contributed by atoms with Crippen molar-refractivity contribution in [1.29, 1.82) is 0 Å². The van der Waals surface area contributed by atoms with Crippen molar-refractivity contribution in [3.05, 3.63) is 10.4 Å². The van der Waals surface area contributed by atoms with Gasteiger partial charge in [-0.25, -0.2) is 4.79 Å². The average Bonchev–Trinajstić information content (AvgIpc) is 2.21. The summed E-state index contributed by atoms with van der Waals surface area (Å²) in [6, 6.07) is -1.12. The fourth-order valence-electron chi connectivity index (χ4n) is 1.11. The first-order valence-electron chi connectivity index (χ1n) is 5.33. The zero-order chi connectivity index (χ0) is 13.6. The van der Waals surface area contributed by atoms with Crippen molar-refractivity contribution in [1.82, 2.24) is 4.90 Å². The Balaban J connectivity index is 4.63. The minimum atomic E-state index is -0.683. The van der Waals surface area contributed by atoms with Gasteiger partial charge in [-0.05, 0) is 33.2 Å². The largest absolute Gasteiger partial charge is 0.444 e. The lowest BCUT2D eigenvalue weighted by Crippen LogP contribution is -2.45. The predicted octanol–water partition coefficient (Wildman–Crippen LogP) is 1.91. The SMILES string of the molecule is CC(C(CO)N=[N+]=[N-])N(C)C(=O)OC(C)(C)C. The summed E-state index contributed by atoms with van der Waals surface area (Å²) in [6.45, 7) is 6.65. The van der Waals surface area contributed by atoms with E-state index < -0.39 is 23.8 Å². The number of rotatable bonds is 4. The van der Waals surface area contributed by atoms with Gasteiger partial charge >= 0.3 is 6.09 Å². The Morgan fingerprint density at radius 1 is 1.59 bits per heavy atom. The Labute approximate surface area is 101 Å². The number of amides is 1. The van der Waals surface area contributed by atoms with Crippen LogP contribution in [0.2, 0.25) is 0 Å². The zero-order valence-electron chi connectivity index (χ0n) is 10.9. The Morgan fingerprint density at radius 3 is 2.47 bits per heavy atom. The number of nitrogens with zero attached hydrogens (tertiary/aromatic N) is 4. The molecule has 0 bridgehead atoms. The van der Waals surface area contributed by atoms with Crippen LogP contribution < -0.4 is 0 Å². The summed E-state index contributed by atoms with van der Waals surface area (Å²) in [4.78, 5) is 15.6. The Kier molecular flexibility index (Phi) is 5.78. The third-order valence-electron chi connectivity index (χ3n) is 2.24. The lowest BCUT2D eigenvalue weighted by atomic mass is 10.1. The maximum Gasteiger partial charge on any atom is 0.410 e. The standard InChI is InChI=1S/C10H20N4O3/c1-7(8(6-15)12-13-11)14(5)9(16)17-10(2,3)4/h7-8,15H,6H2,1-5H3. The number of carbonyl (C=O) groups is 1. The molecule has 0 aliphatic carbocycles. The van der Waals surface area contributed by atoms with Gasteiger partial charge in [0.1, 0.15) is 5.60 Å². The molecule has 0 fully saturated rings. The van der Waals surface area contributed by atoms with Crippen molar-refractivity contribution >= 4 is 6.09 Å². The molecule has 98 valence electrons. The number of hydrogen-bond acceptors (Lipinski definition) is 4. The molecule has 1 amide bonds. The van der Waals surface area contributed by atoms with E-state index in [0.29, 0.717) is 0 Å². The van der Waals surface area contributed by atoms with Gasteiger partial charge in [0.15, 0.2) is 0 Å². The molecule has 1 N–H and O–H groups in total. The Hall–Kier alpha value is -1.46. The van der Waals surface area contributed by atoms with Crippen molar-refractivity contribution in [3.63, 3.8) is 0 Å². The van der Waals surface area contributed by atoms with Gasteiger partial charge < -0.3 is 14.7 Å². The van der Waals surface area contributed by atoms with Gasteiger partial charge in [-0.1, -0.05) is 5.11 Å². The van der Waals surface area contributed by atoms with Crippen molar-refractivity contribution in [2.45, 2.75) is 45.4 Å². The summed E-state index contributed by atoms with van der Waals surface area (Å²) in [6.07, 6.45) is -0.517. The van der Waals surface area contributed by atoms with Crippen LogP contribution in [-0.4, -0.2) is 47.4 Å². The van der Waals surface area contributed by atoms with Gasteiger partial charge in [-0.15, -0.1) is 0 Å². The highest BCUT2D eigenvalue weighted by molar-refractivity contribution is 5.68. The van der Waals surface area contributed by atoms with Crippen LogP contribution in [0.25, 0.3) is 10.4 Å². The molecule has 7 heteroatoms. The molecule has 2 atom stereocenters. The highest BCUT2D eigenvalue weighted by Crippen LogP contribution is 2.13. The summed E-state index contributed by atoms with van der Waals surface area (Å²) in [7, 11) is 1.54. The molecular weight excluding hydrogens is 224 g/mol. The molecule has 7 nitrogen and oxygen atoms in total. The summed E-state index contributed by atoms with van der Waals surface area (Å²) < 4.78 is 5.16. The van der Waals surface area contributed by atoms with Crippen LogP contribution in [0.5, 0.6) is 0 Å². The molecule has 0 aliphatic heterocycles. The molecule has 0 radical (unpaired) electrons. The second-order valence-electron chi connectivity index (χ2n) is 4.79. The van der Waals surface area contributed by atoms with Gasteiger partial charge in [0.25, 0.3) is 0 Å². The number of ether oxygens (including phenoxy) is 1. The van der Waals surface area contributed by atoms with Crippen LogP contribution in [-0.2, 0) is 4.74 Å². The van der Waals surface area contributed by atoms with E-state index in [9.17, 15) is 4.79 Å². The van der Waals surface area contributed by atoms with E-state index in [1.165, 1.54) is 11.9 Å². The normalized spacial score (nSPS) is 14.5. The summed E-state index contributed by atoms with van der Waals surface area (Å²) in [5.41, 5.74) is 7.75. The molecule has 2 unspecified atom stereocenters. The molecule has 0 rings (SSSR count). The molecule has 0 heterocycles. The number of aliphatic hydroxyl groups excluding tert-OH is 1. The van der Waals surface area contributed by atoms with E-state index in [-0.39, 0.29) is 6.61 Å². The van der Waals surface area contributed by atoms with Gasteiger partial charge in [-0.3, -0.25) is 0 Å². The van der Waals surface area contributed by atoms with E-state index in [4.69, 9.17) is 15.4 Å². The monoisotopic (exact) mass is 244 g/mol. The zero-order valence-corrected chi connectivity index (χ0v) is 10.9. The highest BCUT2D eigenvalue weighted by Gasteiger charge is 2.27. The van der Waals surface area contributed by atoms with Crippen LogP contribution in [0.15, 0.2) is 5.11 Å². The first kappa shape index (κ1) is 15.5. The van der Waals surface area contributed by atoms with Gasteiger partial charge in [0, 0.05) is 18.0 Å². The van der Waals surface area contributed by atoms with Gasteiger partial charge in [0.2, 0.25) is 0 Å². The van der Waals surface area contributed by atoms with Crippen LogP contribution in [0.4, 0.5) is 4.79 Å². The van der Waals surface area contributed by atoms with Gasteiger partial charge in [-0.2, -0.15) is 0 Å². The molecular formula is C10H20N4O3. The Morgan fingerprint density at radius 2 is 2.12 bits per heavy atom. The van der Waals surface area contributed by atoms with Crippen LogP contribution in [0.1, 0.15) is 27.7 Å². The number of azide groups is 1. The first-order valence-corrected chi connectivity index (χ1v) is 5.33. The molecule has 0 aromatic rings. The van der Waals surface area contributed by atoms with E-state index in [0.717, 1.165) is 0 Å². The molecule has 0 aliphatic rings. The molecule has 0 aromatic heterocycles. The second-order valence-corrected chi connectivity index (χ2v) is 4.79. The van der Waals surface area contributed by atoms with Crippen molar-refractivity contribution in [2.24, 2.45) is 5.11 Å². The summed E-state index contributed by atoms with van der Waals surface area (Å²) in [5, 5.41) is 12.5. The topological polar surface area (TPSA) is 98.5 Å². The lowest BCUT2D eigenvalue weighted by molar-refractivity contribution is 0.0198. The van der Waals surface area contributed by atoms with Crippen molar-refractivity contribution in [2.75, 3.05) is 13.7 Å². The van der Waals surface area contributed by atoms with E-state index in [1.807, 2.05) is 0 Å². The number of carbonyl (C=O) groups excluding carboxylic acids is 1. The molecule has 0 aromatic carbocycles. The number of aliphatic hydroxyl groups is 1. The van der Waals surface area contributed by atoms with Gasteiger partial charge in [0.05, 0.1) is 12.6 Å². The predicted molar refractivity (Wildman–Crippen MR) is 63.5 cm³/mol. The fourth-order valence-corrected chi connectivity index (χ4v) is 1.11. The fraction of sp³-hybridized carbons (Fsp3) is 0.900. The maximum absolute atomic E-state index is 11.7. The van der Waals surface area contributed by atoms with Crippen molar-refractivity contribution in [3.8, 4) is 0 Å². The highest BCUT2D eigenvalue weighted by atomic mass is 16.6. The maximum atomic E-state index is 11.7. The minimum Gasteiger partial charge on any atom is -0.444 e. The molecule has 0 saturated heterocycles. The third kappa shape index (κ3) is 5.42. The third-order valence-corrected chi connectivity index (χ3v) is 2.24. The molecule has 17 heavy (non-hydrogen) atoms. The Bertz CT molecular complexity index is 307. The minimum absolute atomic E-state index is 0.321. The summed E-state index contributed by atoms with van der Waals surface area (Å²) >= 11 is 0. The van der Waals surface area contributed by atoms with Crippen molar-refractivity contribution < 1.29 is 14.6 Å². The number of likely N-dealkylation sites (N-methyl/N-ethyl adjacent to an activating group) is 1. The molecule has 0 spiro atoms. The van der Waals surface area contributed by atoms with E-state index >= 15 is 0 Å².